The predicted octanol–water partition coefficient (Wildman–Crippen LogP) is -3.06. The van der Waals surface area contributed by atoms with E-state index in [1.54, 1.807) is 0 Å². The minimum Gasteiger partial charge on any atom is -0.442 e. The number of rotatable bonds is 7. The van der Waals surface area contributed by atoms with Crippen molar-refractivity contribution in [3.63, 3.8) is 0 Å². The standard InChI is InChI=1S/C12H20N2O8/c13-9(5-1-3-19-5)21-11(17)7(15)8(16)12(18)22-10(14)6-2-4-20-6/h5-10,15-16H,1-4,13-14H2/t5?,6?,7-,8-,9-,10-/m0/s1. The quantitative estimate of drug-likeness (QED) is 0.280. The summed E-state index contributed by atoms with van der Waals surface area (Å²) in [5, 5.41) is 19.2. The van der Waals surface area contributed by atoms with Crippen LogP contribution in [0.5, 0.6) is 0 Å². The van der Waals surface area contributed by atoms with Gasteiger partial charge in [0, 0.05) is 26.1 Å². The van der Waals surface area contributed by atoms with Crippen LogP contribution in [0.1, 0.15) is 12.8 Å². The van der Waals surface area contributed by atoms with Gasteiger partial charge in [0.2, 0.25) is 0 Å². The van der Waals surface area contributed by atoms with E-state index in [1.165, 1.54) is 0 Å². The van der Waals surface area contributed by atoms with Gasteiger partial charge in [-0.25, -0.2) is 9.59 Å². The molecule has 22 heavy (non-hydrogen) atoms. The Morgan fingerprint density at radius 3 is 1.45 bits per heavy atom. The first-order valence-electron chi connectivity index (χ1n) is 6.91. The van der Waals surface area contributed by atoms with Gasteiger partial charge in [-0.15, -0.1) is 0 Å². The third-order valence-electron chi connectivity index (χ3n) is 3.49. The molecule has 10 nitrogen and oxygen atoms in total. The molecule has 0 spiro atoms. The molecule has 0 aromatic heterocycles. The maximum Gasteiger partial charge on any atom is 0.340 e. The summed E-state index contributed by atoms with van der Waals surface area (Å²) in [6.07, 6.45) is -6.10. The third-order valence-corrected chi connectivity index (χ3v) is 3.49. The first kappa shape index (κ1) is 17.1. The number of carbonyl (C=O) groups is 2. The van der Waals surface area contributed by atoms with Gasteiger partial charge in [-0.3, -0.25) is 11.5 Å². The Morgan fingerprint density at radius 2 is 1.23 bits per heavy atom. The normalized spacial score (nSPS) is 29.3. The van der Waals surface area contributed by atoms with Crippen molar-refractivity contribution in [3.05, 3.63) is 0 Å². The van der Waals surface area contributed by atoms with Gasteiger partial charge in [-0.2, -0.15) is 0 Å². The molecule has 0 saturated carbocycles. The summed E-state index contributed by atoms with van der Waals surface area (Å²) in [7, 11) is 0. The number of nitrogens with two attached hydrogens (primary N) is 2. The average Bonchev–Trinajstić information content (AvgIpc) is 2.32. The van der Waals surface area contributed by atoms with Crippen molar-refractivity contribution in [1.82, 2.24) is 0 Å². The first-order chi connectivity index (χ1) is 10.4. The molecule has 2 heterocycles. The van der Waals surface area contributed by atoms with Crippen molar-refractivity contribution in [2.24, 2.45) is 11.5 Å². The van der Waals surface area contributed by atoms with Crippen LogP contribution in [0.15, 0.2) is 0 Å². The van der Waals surface area contributed by atoms with E-state index >= 15 is 0 Å². The van der Waals surface area contributed by atoms with Gasteiger partial charge in [0.15, 0.2) is 24.7 Å². The largest absolute Gasteiger partial charge is 0.442 e. The van der Waals surface area contributed by atoms with E-state index in [2.05, 4.69) is 0 Å². The van der Waals surface area contributed by atoms with Gasteiger partial charge in [0.25, 0.3) is 0 Å². The van der Waals surface area contributed by atoms with Crippen molar-refractivity contribution in [2.45, 2.75) is 49.7 Å². The molecule has 2 saturated heterocycles. The van der Waals surface area contributed by atoms with E-state index in [-0.39, 0.29) is 0 Å². The molecule has 0 aromatic rings. The highest BCUT2D eigenvalue weighted by Crippen LogP contribution is 2.17. The van der Waals surface area contributed by atoms with Crippen LogP contribution < -0.4 is 11.5 Å². The average molecular weight is 320 g/mol. The smallest absolute Gasteiger partial charge is 0.340 e. The molecule has 2 unspecified atom stereocenters. The fourth-order valence-electron chi connectivity index (χ4n) is 1.84. The molecule has 2 aliphatic heterocycles. The van der Waals surface area contributed by atoms with Gasteiger partial charge in [-0.05, 0) is 0 Å². The second-order valence-electron chi connectivity index (χ2n) is 5.09. The van der Waals surface area contributed by atoms with E-state index < -0.39 is 48.8 Å². The topological polar surface area (TPSA) is 164 Å². The van der Waals surface area contributed by atoms with Gasteiger partial charge in [0.1, 0.15) is 12.2 Å². The molecule has 0 amide bonds. The molecule has 0 bridgehead atoms. The summed E-state index contributed by atoms with van der Waals surface area (Å²) in [4.78, 5) is 23.2. The summed E-state index contributed by atoms with van der Waals surface area (Å²) in [6.45, 7) is 1.02. The lowest BCUT2D eigenvalue weighted by molar-refractivity contribution is -0.195. The Morgan fingerprint density at radius 1 is 0.909 bits per heavy atom. The number of ether oxygens (including phenoxy) is 4. The summed E-state index contributed by atoms with van der Waals surface area (Å²) >= 11 is 0. The van der Waals surface area contributed by atoms with Crippen LogP contribution in [-0.4, -0.2) is 72.2 Å². The Labute approximate surface area is 126 Å². The van der Waals surface area contributed by atoms with Crippen LogP contribution in [0.3, 0.4) is 0 Å². The van der Waals surface area contributed by atoms with Crippen LogP contribution in [0.25, 0.3) is 0 Å². The molecule has 0 radical (unpaired) electrons. The molecule has 2 aliphatic rings. The molecule has 6 N–H and O–H groups in total. The number of aliphatic hydroxyl groups is 2. The fraction of sp³-hybridized carbons (Fsp3) is 0.833. The third kappa shape index (κ3) is 3.91. The molecule has 6 atom stereocenters. The molecule has 0 aromatic carbocycles. The first-order valence-corrected chi connectivity index (χ1v) is 6.91. The zero-order valence-corrected chi connectivity index (χ0v) is 11.8. The number of carbonyl (C=O) groups excluding carboxylic acids is 2. The van der Waals surface area contributed by atoms with E-state index in [4.69, 9.17) is 30.4 Å². The molecule has 126 valence electrons. The highest BCUT2D eigenvalue weighted by Gasteiger charge is 2.38. The lowest BCUT2D eigenvalue weighted by atomic mass is 10.1. The van der Waals surface area contributed by atoms with E-state index in [9.17, 15) is 19.8 Å². The predicted molar refractivity (Wildman–Crippen MR) is 68.9 cm³/mol. The highest BCUT2D eigenvalue weighted by molar-refractivity contribution is 5.85. The molecule has 0 aliphatic carbocycles. The maximum atomic E-state index is 11.6. The van der Waals surface area contributed by atoms with Crippen molar-refractivity contribution < 1.29 is 38.7 Å². The van der Waals surface area contributed by atoms with E-state index in [1.807, 2.05) is 0 Å². The van der Waals surface area contributed by atoms with Crippen LogP contribution in [0.2, 0.25) is 0 Å². The van der Waals surface area contributed by atoms with Crippen LogP contribution in [0, 0.1) is 0 Å². The number of esters is 2. The minimum absolute atomic E-state index is 0.454. The molecular weight excluding hydrogens is 300 g/mol. The van der Waals surface area contributed by atoms with Crippen LogP contribution >= 0.6 is 0 Å². The zero-order chi connectivity index (χ0) is 16.3. The number of hydrogen-bond donors (Lipinski definition) is 4. The number of aliphatic hydroxyl groups excluding tert-OH is 2. The Hall–Kier alpha value is -1.30. The Kier molecular flexibility index (Phi) is 5.67. The van der Waals surface area contributed by atoms with Crippen molar-refractivity contribution in [2.75, 3.05) is 13.2 Å². The fourth-order valence-corrected chi connectivity index (χ4v) is 1.84. The van der Waals surface area contributed by atoms with E-state index in [0.717, 1.165) is 0 Å². The highest BCUT2D eigenvalue weighted by atomic mass is 16.6. The van der Waals surface area contributed by atoms with Gasteiger partial charge >= 0.3 is 11.9 Å². The monoisotopic (exact) mass is 320 g/mol. The number of hydrogen-bond acceptors (Lipinski definition) is 10. The van der Waals surface area contributed by atoms with Crippen molar-refractivity contribution in [1.29, 1.82) is 0 Å². The summed E-state index contributed by atoms with van der Waals surface area (Å²) in [5.41, 5.74) is 11.1. The molecule has 2 rings (SSSR count). The molecule has 10 heteroatoms. The second-order valence-corrected chi connectivity index (χ2v) is 5.09. The van der Waals surface area contributed by atoms with Crippen LogP contribution in [0.4, 0.5) is 0 Å². The zero-order valence-electron chi connectivity index (χ0n) is 11.8. The van der Waals surface area contributed by atoms with Crippen molar-refractivity contribution in [3.8, 4) is 0 Å². The van der Waals surface area contributed by atoms with Gasteiger partial charge in [-0.1, -0.05) is 0 Å². The molecular formula is C12H20N2O8. The van der Waals surface area contributed by atoms with E-state index in [0.29, 0.717) is 26.1 Å². The lowest BCUT2D eigenvalue weighted by Gasteiger charge is -2.32. The van der Waals surface area contributed by atoms with Crippen LogP contribution in [-0.2, 0) is 28.5 Å². The summed E-state index contributed by atoms with van der Waals surface area (Å²) in [5.74, 6) is -2.50. The summed E-state index contributed by atoms with van der Waals surface area (Å²) in [6, 6.07) is 0. The van der Waals surface area contributed by atoms with Gasteiger partial charge < -0.3 is 29.2 Å². The van der Waals surface area contributed by atoms with Crippen molar-refractivity contribution >= 4 is 11.9 Å². The minimum atomic E-state index is -2.13. The Balaban J connectivity index is 1.77. The maximum absolute atomic E-state index is 11.6. The SMILES string of the molecule is N[C@@H](OC(=O)[C@@H](O)[C@H](O)C(=O)O[C@H](N)C1CCO1)C1CCO1. The van der Waals surface area contributed by atoms with Gasteiger partial charge in [0.05, 0.1) is 0 Å². The second kappa shape index (κ2) is 7.31. The summed E-state index contributed by atoms with van der Waals surface area (Å²) < 4.78 is 19.4. The molecule has 2 fully saturated rings. The lowest BCUT2D eigenvalue weighted by Crippen LogP contribution is -2.52. The Bertz CT molecular complexity index is 374.